The maximum Gasteiger partial charge on any atom is 0.0963 e. The Morgan fingerprint density at radius 1 is 1.05 bits per heavy atom. The van der Waals surface area contributed by atoms with Gasteiger partial charge in [-0.1, -0.05) is 59.8 Å². The molecule has 0 unspecified atom stereocenters. The van der Waals surface area contributed by atoms with Gasteiger partial charge in [-0.15, -0.1) is 11.3 Å². The first-order chi connectivity index (χ1) is 9.34. The number of thiazole rings is 1. The van der Waals surface area contributed by atoms with Crippen LogP contribution in [0.2, 0.25) is 0 Å². The standard InChI is InChI=1S/C16H18BrNS/c17-14-10-6-5-9-13(14)15-11-19-16(18-15)12-7-3-1-2-4-8-12/h5-6,9-12H,1-4,7-8H2. The van der Waals surface area contributed by atoms with Gasteiger partial charge in [0.1, 0.15) is 0 Å². The highest BCUT2D eigenvalue weighted by Gasteiger charge is 2.18. The number of aromatic nitrogens is 1. The van der Waals surface area contributed by atoms with E-state index in [1.807, 2.05) is 17.4 Å². The molecule has 0 N–H and O–H groups in total. The Morgan fingerprint density at radius 3 is 2.53 bits per heavy atom. The quantitative estimate of drug-likeness (QED) is 0.612. The fraction of sp³-hybridized carbons (Fsp3) is 0.438. The van der Waals surface area contributed by atoms with Crippen LogP contribution in [0, 0.1) is 0 Å². The van der Waals surface area contributed by atoms with E-state index in [-0.39, 0.29) is 0 Å². The third kappa shape index (κ3) is 3.09. The van der Waals surface area contributed by atoms with Crippen LogP contribution in [0.15, 0.2) is 34.1 Å². The van der Waals surface area contributed by atoms with Crippen molar-refractivity contribution in [3.63, 3.8) is 0 Å². The number of benzene rings is 1. The summed E-state index contributed by atoms with van der Waals surface area (Å²) in [5, 5.41) is 3.55. The zero-order chi connectivity index (χ0) is 13.1. The van der Waals surface area contributed by atoms with Crippen LogP contribution in [-0.4, -0.2) is 4.98 Å². The summed E-state index contributed by atoms with van der Waals surface area (Å²) >= 11 is 5.45. The molecule has 1 saturated carbocycles. The van der Waals surface area contributed by atoms with Gasteiger partial charge in [0.15, 0.2) is 0 Å². The van der Waals surface area contributed by atoms with Crippen molar-refractivity contribution in [1.29, 1.82) is 0 Å². The average Bonchev–Trinajstić information content (AvgIpc) is 2.75. The van der Waals surface area contributed by atoms with E-state index in [0.717, 1.165) is 10.2 Å². The summed E-state index contributed by atoms with van der Waals surface area (Å²) in [7, 11) is 0. The van der Waals surface area contributed by atoms with Crippen LogP contribution in [0.25, 0.3) is 11.3 Å². The molecule has 0 spiro atoms. The zero-order valence-corrected chi connectivity index (χ0v) is 13.3. The van der Waals surface area contributed by atoms with Crippen LogP contribution in [0.4, 0.5) is 0 Å². The van der Waals surface area contributed by atoms with E-state index in [0.29, 0.717) is 5.92 Å². The monoisotopic (exact) mass is 335 g/mol. The summed E-state index contributed by atoms with van der Waals surface area (Å²) in [5.74, 6) is 0.698. The van der Waals surface area contributed by atoms with Crippen molar-refractivity contribution in [2.24, 2.45) is 0 Å². The molecule has 1 aromatic heterocycles. The average molecular weight is 336 g/mol. The van der Waals surface area contributed by atoms with Crippen LogP contribution >= 0.6 is 27.3 Å². The molecule has 1 aliphatic carbocycles. The predicted octanol–water partition coefficient (Wildman–Crippen LogP) is 6.01. The lowest BCUT2D eigenvalue weighted by Crippen LogP contribution is -1.96. The zero-order valence-electron chi connectivity index (χ0n) is 10.9. The third-order valence-corrected chi connectivity index (χ3v) is 5.57. The molecule has 0 radical (unpaired) electrons. The molecular weight excluding hydrogens is 318 g/mol. The maximum atomic E-state index is 4.90. The van der Waals surface area contributed by atoms with Gasteiger partial charge in [0, 0.05) is 21.3 Å². The van der Waals surface area contributed by atoms with Crippen molar-refractivity contribution in [3.8, 4) is 11.3 Å². The van der Waals surface area contributed by atoms with Crippen molar-refractivity contribution < 1.29 is 0 Å². The molecule has 1 heterocycles. The van der Waals surface area contributed by atoms with Gasteiger partial charge in [-0.05, 0) is 18.9 Å². The minimum atomic E-state index is 0.698. The van der Waals surface area contributed by atoms with E-state index in [4.69, 9.17) is 4.98 Å². The second kappa shape index (κ2) is 6.19. The summed E-state index contributed by atoms with van der Waals surface area (Å²) in [6.45, 7) is 0. The van der Waals surface area contributed by atoms with Crippen LogP contribution in [0.1, 0.15) is 49.5 Å². The summed E-state index contributed by atoms with van der Waals surface area (Å²) in [6.07, 6.45) is 8.19. The second-order valence-electron chi connectivity index (χ2n) is 5.24. The molecule has 3 heteroatoms. The molecule has 1 fully saturated rings. The normalized spacial score (nSPS) is 17.3. The number of rotatable bonds is 2. The Hall–Kier alpha value is -0.670. The molecule has 0 atom stereocenters. The van der Waals surface area contributed by atoms with Gasteiger partial charge in [0.2, 0.25) is 0 Å². The first-order valence-electron chi connectivity index (χ1n) is 7.05. The lowest BCUT2D eigenvalue weighted by atomic mass is 10.0. The van der Waals surface area contributed by atoms with Gasteiger partial charge in [0.25, 0.3) is 0 Å². The molecule has 0 aliphatic heterocycles. The molecule has 1 nitrogen and oxygen atoms in total. The smallest absolute Gasteiger partial charge is 0.0963 e. The molecule has 2 aromatic rings. The van der Waals surface area contributed by atoms with Crippen LogP contribution in [0.5, 0.6) is 0 Å². The van der Waals surface area contributed by atoms with E-state index in [2.05, 4.69) is 39.5 Å². The van der Waals surface area contributed by atoms with Gasteiger partial charge in [-0.25, -0.2) is 4.98 Å². The number of nitrogens with zero attached hydrogens (tertiary/aromatic N) is 1. The molecule has 3 rings (SSSR count). The van der Waals surface area contributed by atoms with Crippen molar-refractivity contribution in [1.82, 2.24) is 4.98 Å². The molecule has 0 amide bonds. The third-order valence-electron chi connectivity index (χ3n) is 3.88. The van der Waals surface area contributed by atoms with E-state index in [1.54, 1.807) is 0 Å². The molecule has 1 aromatic carbocycles. The predicted molar refractivity (Wildman–Crippen MR) is 85.7 cm³/mol. The highest BCUT2D eigenvalue weighted by molar-refractivity contribution is 9.10. The highest BCUT2D eigenvalue weighted by Crippen LogP contribution is 2.36. The number of hydrogen-bond acceptors (Lipinski definition) is 2. The fourth-order valence-electron chi connectivity index (χ4n) is 2.79. The fourth-order valence-corrected chi connectivity index (χ4v) is 4.27. The van der Waals surface area contributed by atoms with E-state index in [1.165, 1.54) is 49.1 Å². The highest BCUT2D eigenvalue weighted by atomic mass is 79.9. The second-order valence-corrected chi connectivity index (χ2v) is 6.98. The molecule has 19 heavy (non-hydrogen) atoms. The van der Waals surface area contributed by atoms with Gasteiger partial charge >= 0.3 is 0 Å². The molecule has 100 valence electrons. The molecule has 1 aliphatic rings. The number of halogens is 1. The Bertz CT molecular complexity index is 541. The summed E-state index contributed by atoms with van der Waals surface area (Å²) < 4.78 is 1.13. The van der Waals surface area contributed by atoms with E-state index in [9.17, 15) is 0 Å². The van der Waals surface area contributed by atoms with E-state index >= 15 is 0 Å². The SMILES string of the molecule is Brc1ccccc1-c1csc(C2CCCCCC2)n1. The van der Waals surface area contributed by atoms with Crippen molar-refractivity contribution in [2.75, 3.05) is 0 Å². The minimum absolute atomic E-state index is 0.698. The first kappa shape index (κ1) is 13.3. The Morgan fingerprint density at radius 2 is 1.79 bits per heavy atom. The number of hydrogen-bond donors (Lipinski definition) is 0. The first-order valence-corrected chi connectivity index (χ1v) is 8.72. The van der Waals surface area contributed by atoms with Gasteiger partial charge < -0.3 is 0 Å². The Labute approximate surface area is 127 Å². The molecule has 0 bridgehead atoms. The van der Waals surface area contributed by atoms with Crippen LogP contribution < -0.4 is 0 Å². The Kier molecular flexibility index (Phi) is 4.34. The van der Waals surface area contributed by atoms with Crippen LogP contribution in [-0.2, 0) is 0 Å². The maximum absolute atomic E-state index is 4.90. The Balaban J connectivity index is 1.85. The minimum Gasteiger partial charge on any atom is -0.241 e. The van der Waals surface area contributed by atoms with E-state index < -0.39 is 0 Å². The van der Waals surface area contributed by atoms with Gasteiger partial charge in [-0.3, -0.25) is 0 Å². The van der Waals surface area contributed by atoms with Crippen molar-refractivity contribution >= 4 is 27.3 Å². The largest absolute Gasteiger partial charge is 0.241 e. The summed E-state index contributed by atoms with van der Waals surface area (Å²) in [5.41, 5.74) is 2.33. The lowest BCUT2D eigenvalue weighted by Gasteiger charge is -2.09. The van der Waals surface area contributed by atoms with Gasteiger partial charge in [0.05, 0.1) is 10.7 Å². The summed E-state index contributed by atoms with van der Waals surface area (Å²) in [4.78, 5) is 4.90. The van der Waals surface area contributed by atoms with Crippen molar-refractivity contribution in [2.45, 2.75) is 44.4 Å². The lowest BCUT2D eigenvalue weighted by molar-refractivity contribution is 0.589. The van der Waals surface area contributed by atoms with Crippen LogP contribution in [0.3, 0.4) is 0 Å². The molecule has 0 saturated heterocycles. The van der Waals surface area contributed by atoms with Gasteiger partial charge in [-0.2, -0.15) is 0 Å². The summed E-state index contributed by atoms with van der Waals surface area (Å²) in [6, 6.07) is 8.34. The molecular formula is C16H18BrNS. The topological polar surface area (TPSA) is 12.9 Å². The van der Waals surface area contributed by atoms with Crippen molar-refractivity contribution in [3.05, 3.63) is 39.1 Å².